The van der Waals surface area contributed by atoms with Gasteiger partial charge >= 0.3 is 0 Å². The fraction of sp³-hybridized carbons (Fsp3) is 0.0667. The highest BCUT2D eigenvalue weighted by Gasteiger charge is 2.03. The zero-order valence-corrected chi connectivity index (χ0v) is 10.0. The molecule has 90 valence electrons. The Morgan fingerprint density at radius 1 is 1.06 bits per heavy atom. The van der Waals surface area contributed by atoms with Crippen molar-refractivity contribution in [1.29, 1.82) is 0 Å². The maximum Gasteiger partial charge on any atom is 0.211 e. The first-order valence-corrected chi connectivity index (χ1v) is 5.62. The molecule has 0 aliphatic carbocycles. The average Bonchev–Trinajstić information content (AvgIpc) is 2.39. The van der Waals surface area contributed by atoms with Gasteiger partial charge in [0.2, 0.25) is 6.41 Å². The molecule has 0 aliphatic heterocycles. The SMILES string of the molecule is CC(=O)c1cccc(-c2cccc(NC=O)c2)c1. The Bertz CT molecular complexity index is 591. The van der Waals surface area contributed by atoms with E-state index in [0.717, 1.165) is 16.8 Å². The van der Waals surface area contributed by atoms with E-state index in [0.29, 0.717) is 12.0 Å². The van der Waals surface area contributed by atoms with Crippen molar-refractivity contribution in [3.63, 3.8) is 0 Å². The predicted octanol–water partition coefficient (Wildman–Crippen LogP) is 3.12. The molecule has 0 aliphatic rings. The van der Waals surface area contributed by atoms with Crippen molar-refractivity contribution in [2.24, 2.45) is 0 Å². The number of Topliss-reactive ketones (excluding diaryl/α,β-unsaturated/α-hetero) is 1. The fourth-order valence-corrected chi connectivity index (χ4v) is 1.77. The molecule has 0 spiro atoms. The number of hydrogen-bond donors (Lipinski definition) is 1. The van der Waals surface area contributed by atoms with Crippen LogP contribution in [0.25, 0.3) is 11.1 Å². The number of anilines is 1. The van der Waals surface area contributed by atoms with Gasteiger partial charge in [-0.25, -0.2) is 0 Å². The molecule has 3 nitrogen and oxygen atoms in total. The van der Waals surface area contributed by atoms with Crippen LogP contribution in [0.15, 0.2) is 48.5 Å². The monoisotopic (exact) mass is 239 g/mol. The summed E-state index contributed by atoms with van der Waals surface area (Å²) in [4.78, 5) is 21.7. The number of hydrogen-bond acceptors (Lipinski definition) is 2. The van der Waals surface area contributed by atoms with Gasteiger partial charge in [0.15, 0.2) is 5.78 Å². The molecule has 0 radical (unpaired) electrons. The van der Waals surface area contributed by atoms with E-state index < -0.39 is 0 Å². The lowest BCUT2D eigenvalue weighted by molar-refractivity contribution is -0.105. The predicted molar refractivity (Wildman–Crippen MR) is 71.6 cm³/mol. The van der Waals surface area contributed by atoms with Gasteiger partial charge in [0.05, 0.1) is 0 Å². The summed E-state index contributed by atoms with van der Waals surface area (Å²) < 4.78 is 0. The summed E-state index contributed by atoms with van der Waals surface area (Å²) in [6.07, 6.45) is 0.644. The van der Waals surface area contributed by atoms with Crippen LogP contribution in [0.2, 0.25) is 0 Å². The van der Waals surface area contributed by atoms with E-state index in [2.05, 4.69) is 5.32 Å². The summed E-state index contributed by atoms with van der Waals surface area (Å²) in [5.74, 6) is 0.0408. The fourth-order valence-electron chi connectivity index (χ4n) is 1.77. The van der Waals surface area contributed by atoms with Gasteiger partial charge < -0.3 is 5.32 Å². The van der Waals surface area contributed by atoms with E-state index in [1.165, 1.54) is 0 Å². The second-order valence-electron chi connectivity index (χ2n) is 3.98. The van der Waals surface area contributed by atoms with E-state index in [1.54, 1.807) is 13.0 Å². The van der Waals surface area contributed by atoms with Crippen molar-refractivity contribution in [1.82, 2.24) is 0 Å². The molecule has 1 amide bonds. The van der Waals surface area contributed by atoms with E-state index in [4.69, 9.17) is 0 Å². The number of nitrogens with one attached hydrogen (secondary N) is 1. The van der Waals surface area contributed by atoms with Crippen LogP contribution in [0.3, 0.4) is 0 Å². The number of amides is 1. The normalized spacial score (nSPS) is 9.83. The average molecular weight is 239 g/mol. The molecule has 0 aromatic heterocycles. The van der Waals surface area contributed by atoms with Gasteiger partial charge in [-0.05, 0) is 36.2 Å². The van der Waals surface area contributed by atoms with Crippen LogP contribution in [0, 0.1) is 0 Å². The van der Waals surface area contributed by atoms with E-state index in [1.807, 2.05) is 42.5 Å². The minimum absolute atomic E-state index is 0.0408. The highest BCUT2D eigenvalue weighted by Crippen LogP contribution is 2.23. The van der Waals surface area contributed by atoms with Crippen LogP contribution < -0.4 is 5.32 Å². The zero-order chi connectivity index (χ0) is 13.0. The van der Waals surface area contributed by atoms with Crippen molar-refractivity contribution in [3.8, 4) is 11.1 Å². The zero-order valence-electron chi connectivity index (χ0n) is 10.0. The van der Waals surface area contributed by atoms with Crippen molar-refractivity contribution >= 4 is 17.9 Å². The topological polar surface area (TPSA) is 46.2 Å². The summed E-state index contributed by atoms with van der Waals surface area (Å²) >= 11 is 0. The summed E-state index contributed by atoms with van der Waals surface area (Å²) in [5, 5.41) is 2.61. The number of benzene rings is 2. The summed E-state index contributed by atoms with van der Waals surface area (Å²) in [5.41, 5.74) is 3.33. The molecule has 0 saturated heterocycles. The molecule has 2 aromatic rings. The van der Waals surface area contributed by atoms with Crippen LogP contribution in [0.5, 0.6) is 0 Å². The quantitative estimate of drug-likeness (QED) is 0.658. The summed E-state index contributed by atoms with van der Waals surface area (Å²) in [6.45, 7) is 1.55. The van der Waals surface area contributed by atoms with Crippen LogP contribution in [-0.2, 0) is 4.79 Å². The first-order chi connectivity index (χ1) is 8.70. The number of ketones is 1. The van der Waals surface area contributed by atoms with Gasteiger partial charge in [-0.3, -0.25) is 9.59 Å². The third-order valence-corrected chi connectivity index (χ3v) is 2.69. The van der Waals surface area contributed by atoms with Gasteiger partial charge in [0.25, 0.3) is 0 Å². The number of carbonyl (C=O) groups excluding carboxylic acids is 2. The van der Waals surface area contributed by atoms with Gasteiger partial charge in [-0.2, -0.15) is 0 Å². The van der Waals surface area contributed by atoms with Crippen molar-refractivity contribution in [3.05, 3.63) is 54.1 Å². The lowest BCUT2D eigenvalue weighted by Gasteiger charge is -2.05. The second-order valence-corrected chi connectivity index (χ2v) is 3.98. The van der Waals surface area contributed by atoms with Crippen LogP contribution in [0.1, 0.15) is 17.3 Å². The highest BCUT2D eigenvalue weighted by molar-refractivity contribution is 5.95. The van der Waals surface area contributed by atoms with Crippen LogP contribution in [-0.4, -0.2) is 12.2 Å². The van der Waals surface area contributed by atoms with E-state index >= 15 is 0 Å². The molecular weight excluding hydrogens is 226 g/mol. The molecule has 0 bridgehead atoms. The lowest BCUT2D eigenvalue weighted by Crippen LogP contribution is -1.94. The van der Waals surface area contributed by atoms with Gasteiger partial charge in [-0.1, -0.05) is 30.3 Å². The van der Waals surface area contributed by atoms with E-state index in [9.17, 15) is 9.59 Å². The summed E-state index contributed by atoms with van der Waals surface area (Å²) in [7, 11) is 0. The van der Waals surface area contributed by atoms with Gasteiger partial charge in [0.1, 0.15) is 0 Å². The molecule has 0 fully saturated rings. The van der Waals surface area contributed by atoms with Crippen LogP contribution in [0.4, 0.5) is 5.69 Å². The molecule has 0 unspecified atom stereocenters. The van der Waals surface area contributed by atoms with Crippen molar-refractivity contribution in [2.75, 3.05) is 5.32 Å². The van der Waals surface area contributed by atoms with Gasteiger partial charge in [-0.15, -0.1) is 0 Å². The van der Waals surface area contributed by atoms with Crippen molar-refractivity contribution in [2.45, 2.75) is 6.92 Å². The number of carbonyl (C=O) groups is 2. The van der Waals surface area contributed by atoms with E-state index in [-0.39, 0.29) is 5.78 Å². The number of rotatable bonds is 4. The minimum atomic E-state index is 0.0408. The molecule has 3 heteroatoms. The molecule has 0 saturated carbocycles. The Hall–Kier alpha value is -2.42. The second kappa shape index (κ2) is 5.27. The maximum absolute atomic E-state index is 11.3. The molecular formula is C15H13NO2. The standard InChI is InChI=1S/C15H13NO2/c1-11(18)12-4-2-5-13(8-12)14-6-3-7-15(9-14)16-10-17/h2-10H,1H3,(H,16,17). The minimum Gasteiger partial charge on any atom is -0.329 e. The molecule has 0 heterocycles. The Labute approximate surface area is 105 Å². The smallest absolute Gasteiger partial charge is 0.211 e. The molecule has 18 heavy (non-hydrogen) atoms. The summed E-state index contributed by atoms with van der Waals surface area (Å²) in [6, 6.07) is 14.9. The van der Waals surface area contributed by atoms with Crippen molar-refractivity contribution < 1.29 is 9.59 Å². The molecule has 0 atom stereocenters. The first kappa shape index (κ1) is 12.0. The Balaban J connectivity index is 2.41. The Morgan fingerprint density at radius 2 is 1.72 bits per heavy atom. The molecule has 2 rings (SSSR count). The molecule has 2 aromatic carbocycles. The lowest BCUT2D eigenvalue weighted by atomic mass is 10.0. The molecule has 1 N–H and O–H groups in total. The van der Waals surface area contributed by atoms with Crippen LogP contribution >= 0.6 is 0 Å². The Kier molecular flexibility index (Phi) is 3.53. The van der Waals surface area contributed by atoms with Gasteiger partial charge in [0, 0.05) is 11.3 Å². The third kappa shape index (κ3) is 2.63. The maximum atomic E-state index is 11.3. The largest absolute Gasteiger partial charge is 0.329 e. The first-order valence-electron chi connectivity index (χ1n) is 5.62. The Morgan fingerprint density at radius 3 is 2.39 bits per heavy atom. The highest BCUT2D eigenvalue weighted by atomic mass is 16.1. The third-order valence-electron chi connectivity index (χ3n) is 2.69.